The van der Waals surface area contributed by atoms with Gasteiger partial charge in [-0.25, -0.2) is 9.99 Å². The molecule has 0 unspecified atom stereocenters. The molecule has 4 aromatic rings. The number of fused-ring (bicyclic) bond motifs is 1. The molecule has 0 aliphatic carbocycles. The molecule has 0 N–H and O–H groups in total. The third kappa shape index (κ3) is 2.90. The Kier molecular flexibility index (Phi) is 3.78. The molecular weight excluding hydrogens is 298 g/mol. The maximum atomic E-state index is 5.35. The second-order valence-electron chi connectivity index (χ2n) is 5.31. The number of nitrogens with zero attached hydrogens (tertiary/aromatic N) is 3. The highest BCUT2D eigenvalue weighted by atomic mass is 16.3. The van der Waals surface area contributed by atoms with Crippen LogP contribution < -0.4 is 5.01 Å². The number of anilines is 2. The standard InChI is InChI=1S/C20H15N3O/c1-3-7-17(8-4-1)23(18-9-5-2-6-10-18)22-14-16-11-12-19-20(13-16)24-15-21-19/h1-15H/b22-14+. The molecule has 0 atom stereocenters. The summed E-state index contributed by atoms with van der Waals surface area (Å²) < 4.78 is 5.35. The number of para-hydroxylation sites is 2. The van der Waals surface area contributed by atoms with Crippen LogP contribution >= 0.6 is 0 Å². The smallest absolute Gasteiger partial charge is 0.181 e. The van der Waals surface area contributed by atoms with E-state index in [4.69, 9.17) is 4.42 Å². The molecule has 1 heterocycles. The molecule has 0 amide bonds. The second kappa shape index (κ2) is 6.38. The Morgan fingerprint density at radius 3 is 2.17 bits per heavy atom. The lowest BCUT2D eigenvalue weighted by molar-refractivity contribution is 0.602. The van der Waals surface area contributed by atoms with Gasteiger partial charge < -0.3 is 4.42 Å². The summed E-state index contributed by atoms with van der Waals surface area (Å²) in [6.07, 6.45) is 3.27. The minimum atomic E-state index is 0.755. The van der Waals surface area contributed by atoms with Crippen molar-refractivity contribution >= 4 is 28.7 Å². The van der Waals surface area contributed by atoms with Crippen molar-refractivity contribution in [2.75, 3.05) is 5.01 Å². The molecule has 116 valence electrons. The van der Waals surface area contributed by atoms with Crippen LogP contribution in [0.2, 0.25) is 0 Å². The predicted molar refractivity (Wildman–Crippen MR) is 96.6 cm³/mol. The Bertz CT molecular complexity index is 922. The van der Waals surface area contributed by atoms with Gasteiger partial charge in [0.2, 0.25) is 0 Å². The van der Waals surface area contributed by atoms with E-state index in [0.29, 0.717) is 0 Å². The molecule has 0 spiro atoms. The molecule has 4 heteroatoms. The van der Waals surface area contributed by atoms with Crippen LogP contribution in [0, 0.1) is 0 Å². The van der Waals surface area contributed by atoms with Crippen molar-refractivity contribution in [2.24, 2.45) is 5.10 Å². The van der Waals surface area contributed by atoms with Gasteiger partial charge in [-0.15, -0.1) is 0 Å². The maximum Gasteiger partial charge on any atom is 0.181 e. The van der Waals surface area contributed by atoms with Crippen LogP contribution in [0.1, 0.15) is 5.56 Å². The fraction of sp³-hybridized carbons (Fsp3) is 0. The Hall–Kier alpha value is -3.40. The Morgan fingerprint density at radius 1 is 0.833 bits per heavy atom. The number of oxazole rings is 1. The highest BCUT2D eigenvalue weighted by molar-refractivity contribution is 5.87. The number of aromatic nitrogens is 1. The van der Waals surface area contributed by atoms with E-state index in [9.17, 15) is 0 Å². The molecule has 0 saturated carbocycles. The van der Waals surface area contributed by atoms with Gasteiger partial charge >= 0.3 is 0 Å². The first-order chi connectivity index (χ1) is 11.9. The third-order valence-electron chi connectivity index (χ3n) is 3.68. The summed E-state index contributed by atoms with van der Waals surface area (Å²) in [5.74, 6) is 0. The summed E-state index contributed by atoms with van der Waals surface area (Å²) in [7, 11) is 0. The van der Waals surface area contributed by atoms with Crippen LogP contribution in [0.5, 0.6) is 0 Å². The largest absolute Gasteiger partial charge is 0.443 e. The first kappa shape index (κ1) is 14.2. The van der Waals surface area contributed by atoms with Gasteiger partial charge in [-0.05, 0) is 42.0 Å². The molecule has 3 aromatic carbocycles. The van der Waals surface area contributed by atoms with Gasteiger partial charge in [0, 0.05) is 0 Å². The van der Waals surface area contributed by atoms with Crippen LogP contribution in [-0.4, -0.2) is 11.2 Å². The summed E-state index contributed by atoms with van der Waals surface area (Å²) in [4.78, 5) is 4.13. The Balaban J connectivity index is 1.71. The van der Waals surface area contributed by atoms with Crippen molar-refractivity contribution < 1.29 is 4.42 Å². The van der Waals surface area contributed by atoms with Crippen LogP contribution in [-0.2, 0) is 0 Å². The van der Waals surface area contributed by atoms with Crippen molar-refractivity contribution in [3.63, 3.8) is 0 Å². The zero-order valence-electron chi connectivity index (χ0n) is 12.9. The molecule has 0 aliphatic rings. The van der Waals surface area contributed by atoms with E-state index in [2.05, 4.69) is 10.1 Å². The third-order valence-corrected chi connectivity index (χ3v) is 3.68. The first-order valence-corrected chi connectivity index (χ1v) is 7.68. The van der Waals surface area contributed by atoms with Crippen molar-refractivity contribution in [3.05, 3.63) is 90.8 Å². The quantitative estimate of drug-likeness (QED) is 0.393. The molecule has 1 aromatic heterocycles. The minimum absolute atomic E-state index is 0.755. The minimum Gasteiger partial charge on any atom is -0.443 e. The van der Waals surface area contributed by atoms with Crippen molar-refractivity contribution in [1.82, 2.24) is 4.98 Å². The van der Waals surface area contributed by atoms with Crippen LogP contribution in [0.4, 0.5) is 11.4 Å². The molecular formula is C20H15N3O. The highest BCUT2D eigenvalue weighted by Crippen LogP contribution is 2.25. The van der Waals surface area contributed by atoms with Crippen molar-refractivity contribution in [1.29, 1.82) is 0 Å². The zero-order valence-corrected chi connectivity index (χ0v) is 12.9. The SMILES string of the molecule is C(=N\N(c1ccccc1)c1ccccc1)/c1ccc2ncoc2c1. The van der Waals surface area contributed by atoms with Gasteiger partial charge in [0.15, 0.2) is 12.0 Å². The van der Waals surface area contributed by atoms with Crippen molar-refractivity contribution in [3.8, 4) is 0 Å². The number of hydrogen-bond acceptors (Lipinski definition) is 4. The second-order valence-corrected chi connectivity index (χ2v) is 5.31. The van der Waals surface area contributed by atoms with E-state index in [0.717, 1.165) is 28.0 Å². The van der Waals surface area contributed by atoms with E-state index in [1.54, 1.807) is 0 Å². The van der Waals surface area contributed by atoms with Gasteiger partial charge in [-0.1, -0.05) is 42.5 Å². The number of hydrogen-bond donors (Lipinski definition) is 0. The van der Waals surface area contributed by atoms with Gasteiger partial charge in [0.05, 0.1) is 17.6 Å². The molecule has 4 nitrogen and oxygen atoms in total. The van der Waals surface area contributed by atoms with Gasteiger partial charge in [0.25, 0.3) is 0 Å². The van der Waals surface area contributed by atoms with Crippen molar-refractivity contribution in [2.45, 2.75) is 0 Å². The summed E-state index contributed by atoms with van der Waals surface area (Å²) in [6.45, 7) is 0. The Labute approximate surface area is 139 Å². The average molecular weight is 313 g/mol. The number of hydrazone groups is 1. The van der Waals surface area contributed by atoms with Gasteiger partial charge in [-0.2, -0.15) is 5.10 Å². The van der Waals surface area contributed by atoms with Gasteiger partial charge in [0.1, 0.15) is 5.52 Å². The van der Waals surface area contributed by atoms with E-state index in [1.807, 2.05) is 90.1 Å². The van der Waals surface area contributed by atoms with Crippen LogP contribution in [0.15, 0.2) is 94.8 Å². The molecule has 4 rings (SSSR count). The summed E-state index contributed by atoms with van der Waals surface area (Å²) in [5.41, 5.74) is 4.55. The predicted octanol–water partition coefficient (Wildman–Crippen LogP) is 5.00. The summed E-state index contributed by atoms with van der Waals surface area (Å²) in [5, 5.41) is 6.58. The van der Waals surface area contributed by atoms with E-state index < -0.39 is 0 Å². The van der Waals surface area contributed by atoms with Crippen LogP contribution in [0.3, 0.4) is 0 Å². The lowest BCUT2D eigenvalue weighted by Crippen LogP contribution is -2.09. The topological polar surface area (TPSA) is 41.6 Å². The molecule has 24 heavy (non-hydrogen) atoms. The summed E-state index contributed by atoms with van der Waals surface area (Å²) in [6, 6.07) is 26.0. The van der Waals surface area contributed by atoms with E-state index >= 15 is 0 Å². The first-order valence-electron chi connectivity index (χ1n) is 7.68. The molecule has 0 fully saturated rings. The molecule has 0 saturated heterocycles. The molecule has 0 bridgehead atoms. The molecule has 0 aliphatic heterocycles. The fourth-order valence-electron chi connectivity index (χ4n) is 2.50. The van der Waals surface area contributed by atoms with E-state index in [1.165, 1.54) is 6.39 Å². The monoisotopic (exact) mass is 313 g/mol. The van der Waals surface area contributed by atoms with Crippen LogP contribution in [0.25, 0.3) is 11.1 Å². The average Bonchev–Trinajstić information content (AvgIpc) is 3.11. The zero-order chi connectivity index (χ0) is 16.2. The number of benzene rings is 3. The highest BCUT2D eigenvalue weighted by Gasteiger charge is 2.06. The lowest BCUT2D eigenvalue weighted by Gasteiger charge is -2.19. The van der Waals surface area contributed by atoms with E-state index in [-0.39, 0.29) is 0 Å². The number of rotatable bonds is 4. The maximum absolute atomic E-state index is 5.35. The lowest BCUT2D eigenvalue weighted by atomic mass is 10.2. The summed E-state index contributed by atoms with van der Waals surface area (Å²) >= 11 is 0. The normalized spacial score (nSPS) is 11.2. The Morgan fingerprint density at radius 2 is 1.50 bits per heavy atom. The fourth-order valence-corrected chi connectivity index (χ4v) is 2.50. The van der Waals surface area contributed by atoms with Gasteiger partial charge in [-0.3, -0.25) is 0 Å². The molecule has 0 radical (unpaired) electrons.